The van der Waals surface area contributed by atoms with Crippen molar-refractivity contribution >= 4 is 11.8 Å². The normalized spacial score (nSPS) is 10.7. The molecule has 0 bridgehead atoms. The standard InChI is InChI=1S/C12H16N4S/c1-3-4-9-17-12-13-14-15-16(12)11-7-5-10(2)6-8-11/h5-8H,3-4,9H2,1-2H3. The molecule has 1 heterocycles. The third kappa shape index (κ3) is 3.06. The van der Waals surface area contributed by atoms with Crippen molar-refractivity contribution in [3.8, 4) is 5.69 Å². The number of hydrogen-bond acceptors (Lipinski definition) is 4. The zero-order valence-corrected chi connectivity index (χ0v) is 10.9. The molecule has 4 nitrogen and oxygen atoms in total. The van der Waals surface area contributed by atoms with Gasteiger partial charge in [0.2, 0.25) is 5.16 Å². The highest BCUT2D eigenvalue weighted by Gasteiger charge is 2.07. The Hall–Kier alpha value is -1.36. The van der Waals surface area contributed by atoms with Crippen LogP contribution in [0.4, 0.5) is 0 Å². The van der Waals surface area contributed by atoms with E-state index >= 15 is 0 Å². The highest BCUT2D eigenvalue weighted by molar-refractivity contribution is 7.99. The number of nitrogens with zero attached hydrogens (tertiary/aromatic N) is 4. The lowest BCUT2D eigenvalue weighted by atomic mass is 10.2. The molecule has 1 aromatic carbocycles. The van der Waals surface area contributed by atoms with Gasteiger partial charge in [0, 0.05) is 5.75 Å². The van der Waals surface area contributed by atoms with Gasteiger partial charge in [-0.05, 0) is 35.9 Å². The van der Waals surface area contributed by atoms with Crippen LogP contribution in [0.5, 0.6) is 0 Å². The first kappa shape index (κ1) is 12.1. The third-order valence-corrected chi connectivity index (χ3v) is 3.45. The molecule has 0 radical (unpaired) electrons. The zero-order valence-electron chi connectivity index (χ0n) is 10.1. The molecule has 0 aliphatic carbocycles. The summed E-state index contributed by atoms with van der Waals surface area (Å²) in [7, 11) is 0. The van der Waals surface area contributed by atoms with Crippen molar-refractivity contribution in [2.45, 2.75) is 31.8 Å². The lowest BCUT2D eigenvalue weighted by Gasteiger charge is -2.03. The summed E-state index contributed by atoms with van der Waals surface area (Å²) in [5, 5.41) is 12.7. The summed E-state index contributed by atoms with van der Waals surface area (Å²) in [5.41, 5.74) is 2.25. The molecular weight excluding hydrogens is 232 g/mol. The Morgan fingerprint density at radius 2 is 2.00 bits per heavy atom. The maximum atomic E-state index is 4.05. The van der Waals surface area contributed by atoms with Crippen LogP contribution in [0.25, 0.3) is 5.69 Å². The molecule has 0 fully saturated rings. The van der Waals surface area contributed by atoms with Crippen molar-refractivity contribution < 1.29 is 0 Å². The fourth-order valence-electron chi connectivity index (χ4n) is 1.42. The van der Waals surface area contributed by atoms with Crippen molar-refractivity contribution in [2.24, 2.45) is 0 Å². The molecule has 5 heteroatoms. The van der Waals surface area contributed by atoms with Gasteiger partial charge >= 0.3 is 0 Å². The molecule has 0 aliphatic rings. The van der Waals surface area contributed by atoms with Crippen molar-refractivity contribution in [1.82, 2.24) is 20.2 Å². The van der Waals surface area contributed by atoms with Crippen LogP contribution >= 0.6 is 11.8 Å². The van der Waals surface area contributed by atoms with Gasteiger partial charge in [-0.2, -0.15) is 4.68 Å². The summed E-state index contributed by atoms with van der Waals surface area (Å²) in [6, 6.07) is 8.21. The van der Waals surface area contributed by atoms with Gasteiger partial charge in [-0.1, -0.05) is 42.8 Å². The quantitative estimate of drug-likeness (QED) is 0.603. The van der Waals surface area contributed by atoms with E-state index in [4.69, 9.17) is 0 Å². The van der Waals surface area contributed by atoms with Crippen LogP contribution in [-0.4, -0.2) is 26.0 Å². The van der Waals surface area contributed by atoms with Gasteiger partial charge in [0.1, 0.15) is 0 Å². The van der Waals surface area contributed by atoms with Crippen molar-refractivity contribution in [3.05, 3.63) is 29.8 Å². The Morgan fingerprint density at radius 1 is 1.24 bits per heavy atom. The zero-order chi connectivity index (χ0) is 12.1. The van der Waals surface area contributed by atoms with E-state index in [1.165, 1.54) is 18.4 Å². The lowest BCUT2D eigenvalue weighted by molar-refractivity contribution is 0.755. The van der Waals surface area contributed by atoms with Gasteiger partial charge in [0.15, 0.2) is 0 Å². The number of unbranched alkanes of at least 4 members (excludes halogenated alkanes) is 1. The van der Waals surface area contributed by atoms with Crippen molar-refractivity contribution in [1.29, 1.82) is 0 Å². The first-order valence-corrected chi connectivity index (χ1v) is 6.78. The molecule has 0 atom stereocenters. The number of aryl methyl sites for hydroxylation is 1. The first-order chi connectivity index (χ1) is 8.31. The van der Waals surface area contributed by atoms with E-state index in [1.54, 1.807) is 16.4 Å². The molecule has 2 rings (SSSR count). The van der Waals surface area contributed by atoms with Gasteiger partial charge in [-0.25, -0.2) is 0 Å². The van der Waals surface area contributed by atoms with Crippen LogP contribution in [0.2, 0.25) is 0 Å². The summed E-state index contributed by atoms with van der Waals surface area (Å²) in [6.45, 7) is 4.25. The van der Waals surface area contributed by atoms with E-state index in [-0.39, 0.29) is 0 Å². The van der Waals surface area contributed by atoms with Crippen LogP contribution < -0.4 is 0 Å². The minimum Gasteiger partial charge on any atom is -0.188 e. The third-order valence-electron chi connectivity index (χ3n) is 2.45. The number of tetrazole rings is 1. The summed E-state index contributed by atoms with van der Waals surface area (Å²) in [6.07, 6.45) is 2.38. The van der Waals surface area contributed by atoms with Crippen LogP contribution in [0.1, 0.15) is 25.3 Å². The molecular formula is C12H16N4S. The minimum atomic E-state index is 0.863. The van der Waals surface area contributed by atoms with Crippen LogP contribution in [0, 0.1) is 6.92 Å². The largest absolute Gasteiger partial charge is 0.214 e. The lowest BCUT2D eigenvalue weighted by Crippen LogP contribution is -1.99. The molecule has 0 saturated heterocycles. The van der Waals surface area contributed by atoms with Gasteiger partial charge in [0.05, 0.1) is 5.69 Å². The number of aromatic nitrogens is 4. The molecule has 0 unspecified atom stereocenters. The Kier molecular flexibility index (Phi) is 4.14. The van der Waals surface area contributed by atoms with E-state index in [0.29, 0.717) is 0 Å². The van der Waals surface area contributed by atoms with E-state index in [2.05, 4.69) is 41.5 Å². The molecule has 1 aromatic heterocycles. The molecule has 0 amide bonds. The maximum absolute atomic E-state index is 4.05. The van der Waals surface area contributed by atoms with E-state index in [1.807, 2.05) is 12.1 Å². The summed E-state index contributed by atoms with van der Waals surface area (Å²) >= 11 is 1.70. The molecule has 17 heavy (non-hydrogen) atoms. The summed E-state index contributed by atoms with van der Waals surface area (Å²) in [4.78, 5) is 0. The maximum Gasteiger partial charge on any atom is 0.214 e. The molecule has 0 N–H and O–H groups in total. The fraction of sp³-hybridized carbons (Fsp3) is 0.417. The van der Waals surface area contributed by atoms with Gasteiger partial charge in [-0.15, -0.1) is 5.10 Å². The van der Waals surface area contributed by atoms with Crippen LogP contribution in [0.3, 0.4) is 0 Å². The second-order valence-electron chi connectivity index (χ2n) is 3.91. The number of benzene rings is 1. The molecule has 2 aromatic rings. The topological polar surface area (TPSA) is 43.6 Å². The average Bonchev–Trinajstić information content (AvgIpc) is 2.79. The summed E-state index contributed by atoms with van der Waals surface area (Å²) < 4.78 is 1.79. The van der Waals surface area contributed by atoms with Gasteiger partial charge < -0.3 is 0 Å². The van der Waals surface area contributed by atoms with E-state index < -0.39 is 0 Å². The molecule has 0 spiro atoms. The average molecular weight is 248 g/mol. The highest BCUT2D eigenvalue weighted by atomic mass is 32.2. The predicted molar refractivity (Wildman–Crippen MR) is 69.5 cm³/mol. The van der Waals surface area contributed by atoms with Gasteiger partial charge in [-0.3, -0.25) is 0 Å². The van der Waals surface area contributed by atoms with E-state index in [0.717, 1.165) is 16.6 Å². The number of hydrogen-bond donors (Lipinski definition) is 0. The Bertz CT molecular complexity index is 464. The second kappa shape index (κ2) is 5.82. The van der Waals surface area contributed by atoms with Gasteiger partial charge in [0.25, 0.3) is 0 Å². The Morgan fingerprint density at radius 3 is 2.71 bits per heavy atom. The minimum absolute atomic E-state index is 0.863. The highest BCUT2D eigenvalue weighted by Crippen LogP contribution is 2.19. The molecule has 90 valence electrons. The number of rotatable bonds is 5. The summed E-state index contributed by atoms with van der Waals surface area (Å²) in [5.74, 6) is 1.06. The van der Waals surface area contributed by atoms with Crippen LogP contribution in [0.15, 0.2) is 29.4 Å². The van der Waals surface area contributed by atoms with Crippen molar-refractivity contribution in [3.63, 3.8) is 0 Å². The monoisotopic (exact) mass is 248 g/mol. The predicted octanol–water partition coefficient (Wildman–Crippen LogP) is 2.86. The Labute approximate surface area is 105 Å². The first-order valence-electron chi connectivity index (χ1n) is 5.79. The fourth-order valence-corrected chi connectivity index (χ4v) is 2.40. The van der Waals surface area contributed by atoms with Crippen LogP contribution in [-0.2, 0) is 0 Å². The molecule has 0 saturated carbocycles. The van der Waals surface area contributed by atoms with Crippen molar-refractivity contribution in [2.75, 3.05) is 5.75 Å². The Balaban J connectivity index is 2.15. The molecule has 0 aliphatic heterocycles. The smallest absolute Gasteiger partial charge is 0.188 e. The SMILES string of the molecule is CCCCSc1nnnn1-c1ccc(C)cc1. The number of thioether (sulfide) groups is 1. The van der Waals surface area contributed by atoms with E-state index in [9.17, 15) is 0 Å². The second-order valence-corrected chi connectivity index (χ2v) is 4.97.